The number of nitrogens with zero attached hydrogens (tertiary/aromatic N) is 2. The third-order valence-electron chi connectivity index (χ3n) is 3.00. The Labute approximate surface area is 124 Å². The molecular formula is C16H19N3S. The molecule has 0 saturated heterocycles. The van der Waals surface area contributed by atoms with Crippen molar-refractivity contribution >= 4 is 11.3 Å². The Bertz CT molecular complexity index is 596. The van der Waals surface area contributed by atoms with Crippen LogP contribution in [0, 0.1) is 11.3 Å². The highest BCUT2D eigenvalue weighted by atomic mass is 32.1. The second kappa shape index (κ2) is 7.20. The molecule has 0 atom stereocenters. The van der Waals surface area contributed by atoms with Crippen molar-refractivity contribution in [2.75, 3.05) is 14.1 Å². The number of hydrogen-bond acceptors (Lipinski definition) is 4. The minimum atomic E-state index is 0.750. The summed E-state index contributed by atoms with van der Waals surface area (Å²) in [5.41, 5.74) is 3.44. The van der Waals surface area contributed by atoms with Gasteiger partial charge in [0.25, 0.3) is 0 Å². The summed E-state index contributed by atoms with van der Waals surface area (Å²) in [6, 6.07) is 12.6. The average Bonchev–Trinajstić information content (AvgIpc) is 2.88. The van der Waals surface area contributed by atoms with Crippen LogP contribution in [0.5, 0.6) is 0 Å². The maximum Gasteiger partial charge on any atom is 0.100 e. The van der Waals surface area contributed by atoms with Crippen LogP contribution in [0.1, 0.15) is 21.6 Å². The molecule has 0 unspecified atom stereocenters. The van der Waals surface area contributed by atoms with Gasteiger partial charge in [-0.3, -0.25) is 0 Å². The van der Waals surface area contributed by atoms with Gasteiger partial charge in [-0.25, -0.2) is 0 Å². The molecule has 0 aliphatic carbocycles. The number of nitrogens with one attached hydrogen (secondary N) is 1. The van der Waals surface area contributed by atoms with Crippen LogP contribution in [0.25, 0.3) is 0 Å². The van der Waals surface area contributed by atoms with Crippen molar-refractivity contribution in [3.8, 4) is 6.07 Å². The second-order valence-corrected chi connectivity index (χ2v) is 6.02. The van der Waals surface area contributed by atoms with Crippen LogP contribution >= 0.6 is 11.3 Å². The summed E-state index contributed by atoms with van der Waals surface area (Å²) < 4.78 is 0. The van der Waals surface area contributed by atoms with Crippen molar-refractivity contribution in [1.29, 1.82) is 5.26 Å². The fraction of sp³-hybridized carbons (Fsp3) is 0.312. The van der Waals surface area contributed by atoms with Gasteiger partial charge >= 0.3 is 0 Å². The van der Waals surface area contributed by atoms with Gasteiger partial charge in [0.15, 0.2) is 0 Å². The van der Waals surface area contributed by atoms with E-state index in [0.717, 1.165) is 25.2 Å². The summed E-state index contributed by atoms with van der Waals surface area (Å²) in [6.45, 7) is 2.61. The van der Waals surface area contributed by atoms with Crippen molar-refractivity contribution < 1.29 is 0 Å². The number of hydrogen-bond donors (Lipinski definition) is 1. The fourth-order valence-electron chi connectivity index (χ4n) is 2.08. The number of rotatable bonds is 6. The van der Waals surface area contributed by atoms with Gasteiger partial charge in [-0.05, 0) is 31.3 Å². The molecular weight excluding hydrogens is 266 g/mol. The summed E-state index contributed by atoms with van der Waals surface area (Å²) in [5, 5.41) is 14.2. The van der Waals surface area contributed by atoms with E-state index in [1.807, 2.05) is 11.4 Å². The quantitative estimate of drug-likeness (QED) is 0.887. The van der Waals surface area contributed by atoms with Crippen molar-refractivity contribution in [3.05, 3.63) is 57.3 Å². The summed E-state index contributed by atoms with van der Waals surface area (Å²) in [6.07, 6.45) is 0. The molecule has 0 bridgehead atoms. The van der Waals surface area contributed by atoms with Gasteiger partial charge in [0.1, 0.15) is 6.07 Å². The predicted octanol–water partition coefficient (Wildman–Crippen LogP) is 2.97. The molecule has 3 nitrogen and oxygen atoms in total. The maximum atomic E-state index is 8.81. The van der Waals surface area contributed by atoms with Crippen LogP contribution in [-0.4, -0.2) is 19.0 Å². The molecule has 2 aromatic rings. The minimum absolute atomic E-state index is 0.750. The zero-order chi connectivity index (χ0) is 14.4. The van der Waals surface area contributed by atoms with Crippen LogP contribution < -0.4 is 5.32 Å². The summed E-state index contributed by atoms with van der Waals surface area (Å²) in [5.74, 6) is 0. The standard InChI is InChI=1S/C16H19N3S/c1-19(2)11-15-6-4-3-5-14(15)9-18-10-16-7-13(8-17)12-20-16/h3-7,12,18H,9-11H2,1-2H3. The Kier molecular flexibility index (Phi) is 5.31. The van der Waals surface area contributed by atoms with Crippen LogP contribution in [0.2, 0.25) is 0 Å². The molecule has 0 saturated carbocycles. The molecule has 1 heterocycles. The van der Waals surface area contributed by atoms with E-state index in [2.05, 4.69) is 54.6 Å². The average molecular weight is 285 g/mol. The van der Waals surface area contributed by atoms with Crippen molar-refractivity contribution in [2.24, 2.45) is 0 Å². The van der Waals surface area contributed by atoms with E-state index in [4.69, 9.17) is 5.26 Å². The van der Waals surface area contributed by atoms with Crippen LogP contribution in [-0.2, 0) is 19.6 Å². The van der Waals surface area contributed by atoms with E-state index in [9.17, 15) is 0 Å². The number of nitriles is 1. The van der Waals surface area contributed by atoms with Gasteiger partial charge in [0.05, 0.1) is 5.56 Å². The van der Waals surface area contributed by atoms with E-state index in [0.29, 0.717) is 0 Å². The van der Waals surface area contributed by atoms with E-state index >= 15 is 0 Å². The van der Waals surface area contributed by atoms with Gasteiger partial charge < -0.3 is 10.2 Å². The van der Waals surface area contributed by atoms with Gasteiger partial charge in [-0.1, -0.05) is 24.3 Å². The molecule has 1 aromatic heterocycles. The van der Waals surface area contributed by atoms with Crippen LogP contribution in [0.3, 0.4) is 0 Å². The zero-order valence-corrected chi connectivity index (χ0v) is 12.7. The Morgan fingerprint density at radius 2 is 1.95 bits per heavy atom. The van der Waals surface area contributed by atoms with Gasteiger partial charge in [-0.2, -0.15) is 5.26 Å². The van der Waals surface area contributed by atoms with Crippen molar-refractivity contribution in [1.82, 2.24) is 10.2 Å². The lowest BCUT2D eigenvalue weighted by Crippen LogP contribution is -2.16. The first kappa shape index (κ1) is 14.7. The molecule has 0 radical (unpaired) electrons. The highest BCUT2D eigenvalue weighted by Gasteiger charge is 2.03. The molecule has 2 rings (SSSR count). The Balaban J connectivity index is 1.92. The molecule has 0 amide bonds. The normalized spacial score (nSPS) is 10.7. The van der Waals surface area contributed by atoms with Crippen molar-refractivity contribution in [2.45, 2.75) is 19.6 Å². The van der Waals surface area contributed by atoms with E-state index in [1.54, 1.807) is 11.3 Å². The summed E-state index contributed by atoms with van der Waals surface area (Å²) >= 11 is 1.63. The van der Waals surface area contributed by atoms with Gasteiger partial charge in [-0.15, -0.1) is 11.3 Å². The largest absolute Gasteiger partial charge is 0.308 e. The van der Waals surface area contributed by atoms with E-state index in [-0.39, 0.29) is 0 Å². The Morgan fingerprint density at radius 3 is 2.60 bits per heavy atom. The van der Waals surface area contributed by atoms with Crippen LogP contribution in [0.4, 0.5) is 0 Å². The number of thiophene rings is 1. The predicted molar refractivity (Wildman–Crippen MR) is 83.4 cm³/mol. The molecule has 4 heteroatoms. The molecule has 104 valence electrons. The lowest BCUT2D eigenvalue weighted by Gasteiger charge is -2.14. The molecule has 20 heavy (non-hydrogen) atoms. The molecule has 0 spiro atoms. The smallest absolute Gasteiger partial charge is 0.100 e. The fourth-order valence-corrected chi connectivity index (χ4v) is 2.86. The monoisotopic (exact) mass is 285 g/mol. The lowest BCUT2D eigenvalue weighted by atomic mass is 10.1. The van der Waals surface area contributed by atoms with Crippen molar-refractivity contribution in [3.63, 3.8) is 0 Å². The maximum absolute atomic E-state index is 8.81. The molecule has 1 aromatic carbocycles. The first-order valence-electron chi connectivity index (χ1n) is 6.59. The highest BCUT2D eigenvalue weighted by Crippen LogP contribution is 2.14. The molecule has 0 aliphatic heterocycles. The Hall–Kier alpha value is -1.67. The Morgan fingerprint density at radius 1 is 1.20 bits per heavy atom. The van der Waals surface area contributed by atoms with Gasteiger partial charge in [0.2, 0.25) is 0 Å². The molecule has 0 aliphatic rings. The van der Waals surface area contributed by atoms with Gasteiger partial charge in [0, 0.05) is 29.9 Å². The minimum Gasteiger partial charge on any atom is -0.308 e. The first-order chi connectivity index (χ1) is 9.69. The zero-order valence-electron chi connectivity index (χ0n) is 11.9. The first-order valence-corrected chi connectivity index (χ1v) is 7.46. The van der Waals surface area contributed by atoms with E-state index < -0.39 is 0 Å². The molecule has 1 N–H and O–H groups in total. The third kappa shape index (κ3) is 4.17. The summed E-state index contributed by atoms with van der Waals surface area (Å²) in [4.78, 5) is 3.38. The summed E-state index contributed by atoms with van der Waals surface area (Å²) in [7, 11) is 4.17. The lowest BCUT2D eigenvalue weighted by molar-refractivity contribution is 0.400. The molecule has 0 fully saturated rings. The second-order valence-electron chi connectivity index (χ2n) is 5.02. The van der Waals surface area contributed by atoms with Crippen LogP contribution in [0.15, 0.2) is 35.7 Å². The third-order valence-corrected chi connectivity index (χ3v) is 3.94. The topological polar surface area (TPSA) is 39.1 Å². The number of benzene rings is 1. The SMILES string of the molecule is CN(C)Cc1ccccc1CNCc1cc(C#N)cs1. The highest BCUT2D eigenvalue weighted by molar-refractivity contribution is 7.10. The van der Waals surface area contributed by atoms with E-state index in [1.165, 1.54) is 16.0 Å².